The summed E-state index contributed by atoms with van der Waals surface area (Å²) in [7, 11) is 3.15. The van der Waals surface area contributed by atoms with Crippen molar-refractivity contribution in [2.75, 3.05) is 19.5 Å². The predicted octanol–water partition coefficient (Wildman–Crippen LogP) is 2.64. The average Bonchev–Trinajstić information content (AvgIpc) is 2.60. The molecule has 0 radical (unpaired) electrons. The molecular formula is C17H20N2O4. The molecule has 1 aromatic heterocycles. The molecule has 122 valence electrons. The van der Waals surface area contributed by atoms with Crippen molar-refractivity contribution in [2.24, 2.45) is 0 Å². The van der Waals surface area contributed by atoms with Crippen LogP contribution in [0, 0.1) is 0 Å². The number of amides is 1. The van der Waals surface area contributed by atoms with E-state index >= 15 is 0 Å². The standard InChI is InChI=1S/C17H20N2O4/c1-12(23-11-13-5-4-6-15(9-13)21-2)17(20)19-14-7-8-16(22-3)18-10-14/h4-10,12H,11H2,1-3H3,(H,19,20)/t12-/m1/s1. The van der Waals surface area contributed by atoms with Crippen molar-refractivity contribution in [3.05, 3.63) is 48.2 Å². The second-order valence-electron chi connectivity index (χ2n) is 4.88. The third-order valence-electron chi connectivity index (χ3n) is 3.22. The quantitative estimate of drug-likeness (QED) is 0.850. The molecule has 6 nitrogen and oxygen atoms in total. The minimum Gasteiger partial charge on any atom is -0.497 e. The van der Waals surface area contributed by atoms with Crippen LogP contribution in [0.3, 0.4) is 0 Å². The van der Waals surface area contributed by atoms with Crippen LogP contribution in [0.5, 0.6) is 11.6 Å². The van der Waals surface area contributed by atoms with Crippen LogP contribution < -0.4 is 14.8 Å². The van der Waals surface area contributed by atoms with Gasteiger partial charge in [0.15, 0.2) is 0 Å². The fourth-order valence-electron chi connectivity index (χ4n) is 1.88. The van der Waals surface area contributed by atoms with Crippen LogP contribution in [0.2, 0.25) is 0 Å². The summed E-state index contributed by atoms with van der Waals surface area (Å²) in [6, 6.07) is 10.9. The van der Waals surface area contributed by atoms with Crippen LogP contribution in [-0.4, -0.2) is 31.2 Å². The van der Waals surface area contributed by atoms with Crippen molar-refractivity contribution >= 4 is 11.6 Å². The summed E-state index contributed by atoms with van der Waals surface area (Å²) in [6.07, 6.45) is 0.939. The summed E-state index contributed by atoms with van der Waals surface area (Å²) >= 11 is 0. The van der Waals surface area contributed by atoms with Crippen LogP contribution in [0.1, 0.15) is 12.5 Å². The number of hydrogen-bond donors (Lipinski definition) is 1. The molecule has 0 aliphatic heterocycles. The molecule has 6 heteroatoms. The first-order valence-electron chi connectivity index (χ1n) is 7.18. The number of hydrogen-bond acceptors (Lipinski definition) is 5. The number of nitrogens with zero attached hydrogens (tertiary/aromatic N) is 1. The highest BCUT2D eigenvalue weighted by atomic mass is 16.5. The number of nitrogens with one attached hydrogen (secondary N) is 1. The molecule has 0 spiro atoms. The molecule has 1 aromatic carbocycles. The largest absolute Gasteiger partial charge is 0.497 e. The molecule has 1 N–H and O–H groups in total. The maximum Gasteiger partial charge on any atom is 0.253 e. The van der Waals surface area contributed by atoms with E-state index in [9.17, 15) is 4.79 Å². The highest BCUT2D eigenvalue weighted by Gasteiger charge is 2.14. The lowest BCUT2D eigenvalue weighted by atomic mass is 10.2. The molecule has 23 heavy (non-hydrogen) atoms. The Morgan fingerprint density at radius 1 is 1.22 bits per heavy atom. The Morgan fingerprint density at radius 3 is 2.70 bits per heavy atom. The summed E-state index contributed by atoms with van der Waals surface area (Å²) in [5.41, 5.74) is 1.53. The molecule has 1 heterocycles. The van der Waals surface area contributed by atoms with Crippen LogP contribution in [0.4, 0.5) is 5.69 Å². The Labute approximate surface area is 135 Å². The van der Waals surface area contributed by atoms with Gasteiger partial charge in [-0.1, -0.05) is 12.1 Å². The fraction of sp³-hybridized carbons (Fsp3) is 0.294. The van der Waals surface area contributed by atoms with Gasteiger partial charge in [-0.15, -0.1) is 0 Å². The average molecular weight is 316 g/mol. The van der Waals surface area contributed by atoms with Gasteiger partial charge in [-0.05, 0) is 30.7 Å². The SMILES string of the molecule is COc1cccc(CO[C@H](C)C(=O)Nc2ccc(OC)nc2)c1. The van der Waals surface area contributed by atoms with Gasteiger partial charge in [0.05, 0.1) is 32.7 Å². The lowest BCUT2D eigenvalue weighted by Gasteiger charge is -2.14. The maximum atomic E-state index is 12.1. The number of rotatable bonds is 7. The summed E-state index contributed by atoms with van der Waals surface area (Å²) < 4.78 is 15.7. The van der Waals surface area contributed by atoms with Crippen molar-refractivity contribution in [3.63, 3.8) is 0 Å². The molecule has 0 aliphatic rings. The first kappa shape index (κ1) is 16.8. The van der Waals surface area contributed by atoms with Crippen molar-refractivity contribution < 1.29 is 19.0 Å². The predicted molar refractivity (Wildman–Crippen MR) is 86.7 cm³/mol. The molecule has 1 atom stereocenters. The highest BCUT2D eigenvalue weighted by molar-refractivity contribution is 5.93. The van der Waals surface area contributed by atoms with Gasteiger partial charge in [-0.3, -0.25) is 4.79 Å². The number of anilines is 1. The number of carbonyl (C=O) groups is 1. The molecule has 0 saturated heterocycles. The zero-order valence-electron chi connectivity index (χ0n) is 13.4. The lowest BCUT2D eigenvalue weighted by Crippen LogP contribution is -2.27. The first-order chi connectivity index (χ1) is 11.1. The molecule has 0 aliphatic carbocycles. The number of carbonyl (C=O) groups excluding carboxylic acids is 1. The Kier molecular flexibility index (Phi) is 5.94. The fourth-order valence-corrected chi connectivity index (χ4v) is 1.88. The molecule has 1 amide bonds. The molecule has 0 unspecified atom stereocenters. The smallest absolute Gasteiger partial charge is 0.253 e. The van der Waals surface area contributed by atoms with E-state index in [1.54, 1.807) is 26.2 Å². The Bertz CT molecular complexity index is 643. The highest BCUT2D eigenvalue weighted by Crippen LogP contribution is 2.15. The number of aromatic nitrogens is 1. The van der Waals surface area contributed by atoms with Crippen molar-refractivity contribution in [2.45, 2.75) is 19.6 Å². The second-order valence-corrected chi connectivity index (χ2v) is 4.88. The van der Waals surface area contributed by atoms with Gasteiger partial charge in [-0.2, -0.15) is 0 Å². The third-order valence-corrected chi connectivity index (χ3v) is 3.22. The van der Waals surface area contributed by atoms with Crippen molar-refractivity contribution in [3.8, 4) is 11.6 Å². The van der Waals surface area contributed by atoms with E-state index in [1.807, 2.05) is 24.3 Å². The molecule has 2 aromatic rings. The Balaban J connectivity index is 1.86. The van der Waals surface area contributed by atoms with Crippen LogP contribution in [0.15, 0.2) is 42.6 Å². The van der Waals surface area contributed by atoms with Gasteiger partial charge in [0.2, 0.25) is 5.88 Å². The van der Waals surface area contributed by atoms with E-state index in [0.29, 0.717) is 18.2 Å². The van der Waals surface area contributed by atoms with Crippen molar-refractivity contribution in [1.82, 2.24) is 4.98 Å². The normalized spacial score (nSPS) is 11.6. The molecular weight excluding hydrogens is 296 g/mol. The zero-order chi connectivity index (χ0) is 16.7. The maximum absolute atomic E-state index is 12.1. The van der Waals surface area contributed by atoms with Gasteiger partial charge >= 0.3 is 0 Å². The minimum absolute atomic E-state index is 0.236. The minimum atomic E-state index is -0.594. The molecule has 0 fully saturated rings. The van der Waals surface area contributed by atoms with E-state index in [-0.39, 0.29) is 5.91 Å². The van der Waals surface area contributed by atoms with E-state index in [4.69, 9.17) is 14.2 Å². The number of benzene rings is 1. The van der Waals surface area contributed by atoms with Gasteiger partial charge < -0.3 is 19.5 Å². The second kappa shape index (κ2) is 8.14. The van der Waals surface area contributed by atoms with Gasteiger partial charge in [0, 0.05) is 6.07 Å². The van der Waals surface area contributed by atoms with Gasteiger partial charge in [0.1, 0.15) is 11.9 Å². The van der Waals surface area contributed by atoms with Crippen LogP contribution in [0.25, 0.3) is 0 Å². The lowest BCUT2D eigenvalue weighted by molar-refractivity contribution is -0.127. The molecule has 0 bridgehead atoms. The summed E-state index contributed by atoms with van der Waals surface area (Å²) in [5.74, 6) is 1.01. The topological polar surface area (TPSA) is 69.7 Å². The Hall–Kier alpha value is -2.60. The zero-order valence-corrected chi connectivity index (χ0v) is 13.4. The van der Waals surface area contributed by atoms with Gasteiger partial charge in [0.25, 0.3) is 5.91 Å². The number of ether oxygens (including phenoxy) is 3. The third kappa shape index (κ3) is 4.96. The van der Waals surface area contributed by atoms with E-state index in [2.05, 4.69) is 10.3 Å². The first-order valence-corrected chi connectivity index (χ1v) is 7.18. The Morgan fingerprint density at radius 2 is 2.04 bits per heavy atom. The summed E-state index contributed by atoms with van der Waals surface area (Å²) in [6.45, 7) is 2.03. The van der Waals surface area contributed by atoms with E-state index < -0.39 is 6.10 Å². The van der Waals surface area contributed by atoms with E-state index in [0.717, 1.165) is 11.3 Å². The number of methoxy groups -OCH3 is 2. The van der Waals surface area contributed by atoms with Crippen LogP contribution in [-0.2, 0) is 16.1 Å². The monoisotopic (exact) mass is 316 g/mol. The molecule has 0 saturated carbocycles. The van der Waals surface area contributed by atoms with Crippen molar-refractivity contribution in [1.29, 1.82) is 0 Å². The molecule has 2 rings (SSSR count). The van der Waals surface area contributed by atoms with E-state index in [1.165, 1.54) is 13.3 Å². The van der Waals surface area contributed by atoms with Crippen LogP contribution >= 0.6 is 0 Å². The summed E-state index contributed by atoms with van der Waals surface area (Å²) in [5, 5.41) is 2.75. The number of pyridine rings is 1. The van der Waals surface area contributed by atoms with Gasteiger partial charge in [-0.25, -0.2) is 4.98 Å². The summed E-state index contributed by atoms with van der Waals surface area (Å²) in [4.78, 5) is 16.1.